The smallest absolute Gasteiger partial charge is 0.206 e. The predicted octanol–water partition coefficient (Wildman–Crippen LogP) is 2.55. The van der Waals surface area contributed by atoms with Crippen LogP contribution >= 0.6 is 0 Å². The van der Waals surface area contributed by atoms with Crippen molar-refractivity contribution in [2.75, 3.05) is 0 Å². The molecule has 0 saturated carbocycles. The van der Waals surface area contributed by atoms with Gasteiger partial charge >= 0.3 is 0 Å². The number of aryl methyl sites for hydroxylation is 1. The Hall–Kier alpha value is -2.01. The molecule has 2 aromatic carbocycles. The molecule has 5 heteroatoms. The fourth-order valence-electron chi connectivity index (χ4n) is 1.75. The summed E-state index contributed by atoms with van der Waals surface area (Å²) in [5.41, 5.74) is 1.34. The van der Waals surface area contributed by atoms with E-state index < -0.39 is 9.84 Å². The van der Waals surface area contributed by atoms with Crippen LogP contribution in [-0.2, 0) is 9.84 Å². The Labute approximate surface area is 111 Å². The van der Waals surface area contributed by atoms with Crippen LogP contribution in [0.1, 0.15) is 11.1 Å². The van der Waals surface area contributed by atoms with Gasteiger partial charge in [-0.15, -0.1) is 0 Å². The maximum absolute atomic E-state index is 12.4. The van der Waals surface area contributed by atoms with Gasteiger partial charge in [0, 0.05) is 0 Å². The van der Waals surface area contributed by atoms with Gasteiger partial charge in [-0.3, -0.25) is 0 Å². The normalized spacial score (nSPS) is 11.5. The van der Waals surface area contributed by atoms with Crippen molar-refractivity contribution >= 4 is 9.84 Å². The highest BCUT2D eigenvalue weighted by Gasteiger charge is 2.20. The average molecular weight is 278 g/mol. The first-order chi connectivity index (χ1) is 8.82. The van der Waals surface area contributed by atoms with Gasteiger partial charge in [-0.2, -0.15) is 0 Å². The van der Waals surface area contributed by atoms with E-state index in [-0.39, 0.29) is 21.3 Å². The van der Waals surface area contributed by atoms with E-state index in [2.05, 4.69) is 0 Å². The molecule has 0 radical (unpaired) electrons. The first-order valence-corrected chi connectivity index (χ1v) is 7.15. The average Bonchev–Trinajstić information content (AvgIpc) is 2.35. The minimum Gasteiger partial charge on any atom is -0.508 e. The van der Waals surface area contributed by atoms with E-state index in [0.717, 1.165) is 0 Å². The zero-order valence-corrected chi connectivity index (χ0v) is 11.4. The second-order valence-electron chi connectivity index (χ2n) is 4.39. The molecule has 0 amide bonds. The molecule has 0 aliphatic heterocycles. The van der Waals surface area contributed by atoms with Crippen LogP contribution in [0.25, 0.3) is 0 Å². The molecule has 0 unspecified atom stereocenters. The van der Waals surface area contributed by atoms with Gasteiger partial charge in [0.2, 0.25) is 9.84 Å². The van der Waals surface area contributed by atoms with E-state index in [4.69, 9.17) is 0 Å². The monoisotopic (exact) mass is 278 g/mol. The molecule has 0 fully saturated rings. The van der Waals surface area contributed by atoms with Crippen molar-refractivity contribution in [3.8, 4) is 11.5 Å². The third-order valence-electron chi connectivity index (χ3n) is 3.05. The summed E-state index contributed by atoms with van der Waals surface area (Å²) >= 11 is 0. The van der Waals surface area contributed by atoms with Crippen LogP contribution in [0.3, 0.4) is 0 Å². The molecule has 100 valence electrons. The highest BCUT2D eigenvalue weighted by Crippen LogP contribution is 2.29. The summed E-state index contributed by atoms with van der Waals surface area (Å²) in [5.74, 6) is -0.173. The molecule has 4 nitrogen and oxygen atoms in total. The first-order valence-electron chi connectivity index (χ1n) is 5.66. The number of phenols is 2. The number of hydrogen-bond donors (Lipinski definition) is 2. The van der Waals surface area contributed by atoms with Crippen LogP contribution in [0.15, 0.2) is 46.2 Å². The van der Waals surface area contributed by atoms with Crippen molar-refractivity contribution in [2.45, 2.75) is 23.6 Å². The van der Waals surface area contributed by atoms with Crippen molar-refractivity contribution in [3.05, 3.63) is 47.5 Å². The molecule has 0 aromatic heterocycles. The number of benzene rings is 2. The summed E-state index contributed by atoms with van der Waals surface area (Å²) in [7, 11) is -3.74. The molecule has 0 heterocycles. The van der Waals surface area contributed by atoms with Gasteiger partial charge in [0.25, 0.3) is 0 Å². The van der Waals surface area contributed by atoms with Gasteiger partial charge in [-0.05, 0) is 55.3 Å². The van der Waals surface area contributed by atoms with Crippen LogP contribution in [0.5, 0.6) is 11.5 Å². The predicted molar refractivity (Wildman–Crippen MR) is 71.1 cm³/mol. The molecule has 0 spiro atoms. The van der Waals surface area contributed by atoms with Gasteiger partial charge < -0.3 is 10.2 Å². The van der Waals surface area contributed by atoms with Gasteiger partial charge in [-0.1, -0.05) is 6.07 Å². The SMILES string of the molecule is Cc1cc(S(=O)(=O)c2cccc(O)c2)cc(O)c1C. The summed E-state index contributed by atoms with van der Waals surface area (Å²) in [5, 5.41) is 19.1. The van der Waals surface area contributed by atoms with Gasteiger partial charge in [0.15, 0.2) is 0 Å². The van der Waals surface area contributed by atoms with E-state index in [1.807, 2.05) is 0 Å². The molecule has 0 aliphatic carbocycles. The molecule has 19 heavy (non-hydrogen) atoms. The summed E-state index contributed by atoms with van der Waals surface area (Å²) in [6, 6.07) is 8.18. The van der Waals surface area contributed by atoms with Gasteiger partial charge in [0.1, 0.15) is 11.5 Å². The Balaban J connectivity index is 2.64. The molecule has 2 N–H and O–H groups in total. The first kappa shape index (κ1) is 13.4. The van der Waals surface area contributed by atoms with E-state index in [0.29, 0.717) is 11.1 Å². The second-order valence-corrected chi connectivity index (χ2v) is 6.33. The van der Waals surface area contributed by atoms with Gasteiger partial charge in [-0.25, -0.2) is 8.42 Å². The topological polar surface area (TPSA) is 74.6 Å². The lowest BCUT2D eigenvalue weighted by molar-refractivity contribution is 0.468. The molecule has 2 aromatic rings. The molecule has 0 aliphatic rings. The van der Waals surface area contributed by atoms with Gasteiger partial charge in [0.05, 0.1) is 9.79 Å². The third-order valence-corrected chi connectivity index (χ3v) is 4.78. The minimum atomic E-state index is -3.74. The summed E-state index contributed by atoms with van der Waals surface area (Å²) in [4.78, 5) is 0.00820. The van der Waals surface area contributed by atoms with Crippen molar-refractivity contribution in [2.24, 2.45) is 0 Å². The third kappa shape index (κ3) is 2.42. The molecule has 0 saturated heterocycles. The van der Waals surface area contributed by atoms with E-state index in [1.165, 1.54) is 36.4 Å². The number of hydrogen-bond acceptors (Lipinski definition) is 4. The van der Waals surface area contributed by atoms with Crippen molar-refractivity contribution in [3.63, 3.8) is 0 Å². The van der Waals surface area contributed by atoms with Crippen LogP contribution < -0.4 is 0 Å². The van der Waals surface area contributed by atoms with Crippen molar-refractivity contribution < 1.29 is 18.6 Å². The Morgan fingerprint density at radius 1 is 0.947 bits per heavy atom. The maximum Gasteiger partial charge on any atom is 0.206 e. The molecule has 0 bridgehead atoms. The fraction of sp³-hybridized carbons (Fsp3) is 0.143. The summed E-state index contributed by atoms with van der Waals surface area (Å²) < 4.78 is 24.8. The fourth-order valence-corrected chi connectivity index (χ4v) is 3.15. The zero-order valence-electron chi connectivity index (χ0n) is 10.6. The van der Waals surface area contributed by atoms with Crippen LogP contribution in [0.2, 0.25) is 0 Å². The lowest BCUT2D eigenvalue weighted by Gasteiger charge is -2.09. The molecular formula is C14H14O4S. The Kier molecular flexibility index (Phi) is 3.24. The standard InChI is InChI=1S/C14H14O4S/c1-9-6-13(8-14(16)10(9)2)19(17,18)12-5-3-4-11(15)7-12/h3-8,15-16H,1-2H3. The Bertz CT molecular complexity index is 710. The van der Waals surface area contributed by atoms with Crippen LogP contribution in [0, 0.1) is 13.8 Å². The molecule has 2 rings (SSSR count). The van der Waals surface area contributed by atoms with Crippen LogP contribution in [0.4, 0.5) is 0 Å². The highest BCUT2D eigenvalue weighted by molar-refractivity contribution is 7.91. The zero-order chi connectivity index (χ0) is 14.2. The number of phenolic OH excluding ortho intramolecular Hbond substituents is 2. The maximum atomic E-state index is 12.4. The number of aromatic hydroxyl groups is 2. The van der Waals surface area contributed by atoms with E-state index >= 15 is 0 Å². The summed E-state index contributed by atoms with van der Waals surface area (Å²) in [6.07, 6.45) is 0. The lowest BCUT2D eigenvalue weighted by Crippen LogP contribution is -2.02. The van der Waals surface area contributed by atoms with Crippen LogP contribution in [-0.4, -0.2) is 18.6 Å². The van der Waals surface area contributed by atoms with E-state index in [9.17, 15) is 18.6 Å². The summed E-state index contributed by atoms with van der Waals surface area (Å²) in [6.45, 7) is 3.45. The Morgan fingerprint density at radius 2 is 1.63 bits per heavy atom. The van der Waals surface area contributed by atoms with Crippen molar-refractivity contribution in [1.29, 1.82) is 0 Å². The minimum absolute atomic E-state index is 0.00449. The quantitative estimate of drug-likeness (QED) is 0.885. The lowest BCUT2D eigenvalue weighted by atomic mass is 10.1. The molecular weight excluding hydrogens is 264 g/mol. The largest absolute Gasteiger partial charge is 0.508 e. The number of rotatable bonds is 2. The highest BCUT2D eigenvalue weighted by atomic mass is 32.2. The molecule has 0 atom stereocenters. The van der Waals surface area contributed by atoms with Crippen molar-refractivity contribution in [1.82, 2.24) is 0 Å². The number of sulfone groups is 1. The van der Waals surface area contributed by atoms with E-state index in [1.54, 1.807) is 13.8 Å². The Morgan fingerprint density at radius 3 is 2.21 bits per heavy atom. The second kappa shape index (κ2) is 4.59.